The van der Waals surface area contributed by atoms with Crippen molar-refractivity contribution in [2.24, 2.45) is 0 Å². The summed E-state index contributed by atoms with van der Waals surface area (Å²) in [4.78, 5) is 12.0. The van der Waals surface area contributed by atoms with Crippen LogP contribution in [0, 0.1) is 17.1 Å². The minimum absolute atomic E-state index is 0.0378. The van der Waals surface area contributed by atoms with Crippen LogP contribution in [-0.2, 0) is 4.79 Å². The van der Waals surface area contributed by atoms with Crippen LogP contribution in [0.5, 0.6) is 0 Å². The Kier molecular flexibility index (Phi) is 4.85. The maximum Gasteiger partial charge on any atom is 0.266 e. The highest BCUT2D eigenvalue weighted by molar-refractivity contribution is 9.10. The van der Waals surface area contributed by atoms with Gasteiger partial charge >= 0.3 is 0 Å². The lowest BCUT2D eigenvalue weighted by Gasteiger charge is -2.05. The van der Waals surface area contributed by atoms with E-state index in [1.165, 1.54) is 24.3 Å². The third kappa shape index (κ3) is 3.77. The molecule has 0 aliphatic heterocycles. The van der Waals surface area contributed by atoms with Crippen molar-refractivity contribution in [2.75, 3.05) is 5.32 Å². The van der Waals surface area contributed by atoms with Gasteiger partial charge in [-0.2, -0.15) is 5.26 Å². The predicted octanol–water partition coefficient (Wildman–Crippen LogP) is 4.13. The van der Waals surface area contributed by atoms with Crippen LogP contribution in [0.1, 0.15) is 5.56 Å². The first-order valence-corrected chi connectivity index (χ1v) is 6.83. The molecule has 1 amide bonds. The molecule has 0 aliphatic rings. The van der Waals surface area contributed by atoms with Crippen molar-refractivity contribution >= 4 is 33.6 Å². The lowest BCUT2D eigenvalue weighted by atomic mass is 10.1. The maximum atomic E-state index is 13.5. The normalized spacial score (nSPS) is 10.8. The molecule has 2 aromatic carbocycles. The summed E-state index contributed by atoms with van der Waals surface area (Å²) < 4.78 is 14.2. The standard InChI is InChI=1S/C16H10BrFN2O/c17-13-6-2-1-5-11(13)9-12(10-19)16(21)20-15-8-4-3-7-14(15)18/h1-9H,(H,20,21)/b12-9+. The third-order valence-corrected chi connectivity index (χ3v) is 3.41. The molecule has 0 fully saturated rings. The van der Waals surface area contributed by atoms with Crippen LogP contribution < -0.4 is 5.32 Å². The van der Waals surface area contributed by atoms with Gasteiger partial charge in [-0.1, -0.05) is 46.3 Å². The molecular weight excluding hydrogens is 335 g/mol. The van der Waals surface area contributed by atoms with Gasteiger partial charge in [0.2, 0.25) is 0 Å². The van der Waals surface area contributed by atoms with E-state index in [1.807, 2.05) is 12.1 Å². The van der Waals surface area contributed by atoms with Crippen molar-refractivity contribution in [1.29, 1.82) is 5.26 Å². The molecule has 0 saturated heterocycles. The number of hydrogen-bond donors (Lipinski definition) is 1. The predicted molar refractivity (Wildman–Crippen MR) is 82.8 cm³/mol. The van der Waals surface area contributed by atoms with Gasteiger partial charge < -0.3 is 5.32 Å². The van der Waals surface area contributed by atoms with E-state index >= 15 is 0 Å². The number of amides is 1. The number of benzene rings is 2. The first kappa shape index (κ1) is 14.9. The van der Waals surface area contributed by atoms with Crippen molar-refractivity contribution < 1.29 is 9.18 Å². The summed E-state index contributed by atoms with van der Waals surface area (Å²) in [5, 5.41) is 11.5. The minimum atomic E-state index is -0.654. The van der Waals surface area contributed by atoms with Gasteiger partial charge in [0.05, 0.1) is 5.69 Å². The van der Waals surface area contributed by atoms with Gasteiger partial charge in [0.15, 0.2) is 0 Å². The summed E-state index contributed by atoms with van der Waals surface area (Å²) in [5.41, 5.74) is 0.624. The molecule has 3 nitrogen and oxygen atoms in total. The zero-order valence-corrected chi connectivity index (χ0v) is 12.4. The van der Waals surface area contributed by atoms with Gasteiger partial charge in [0, 0.05) is 4.47 Å². The molecule has 2 aromatic rings. The molecule has 1 N–H and O–H groups in total. The summed E-state index contributed by atoms with van der Waals surface area (Å²) in [5.74, 6) is -1.21. The largest absolute Gasteiger partial charge is 0.319 e. The average Bonchev–Trinajstić information content (AvgIpc) is 2.48. The third-order valence-electron chi connectivity index (χ3n) is 2.69. The molecule has 0 heterocycles. The van der Waals surface area contributed by atoms with E-state index in [-0.39, 0.29) is 11.3 Å². The molecular formula is C16H10BrFN2O. The number of rotatable bonds is 3. The molecule has 21 heavy (non-hydrogen) atoms. The molecule has 0 atom stereocenters. The Morgan fingerprint density at radius 1 is 1.19 bits per heavy atom. The molecule has 0 bridgehead atoms. The van der Waals surface area contributed by atoms with E-state index in [0.717, 1.165) is 4.47 Å². The molecule has 2 rings (SSSR count). The first-order valence-electron chi connectivity index (χ1n) is 6.04. The number of para-hydroxylation sites is 1. The Balaban J connectivity index is 2.26. The number of nitrogens with zero attached hydrogens (tertiary/aromatic N) is 1. The summed E-state index contributed by atoms with van der Waals surface area (Å²) >= 11 is 3.34. The van der Waals surface area contributed by atoms with Gasteiger partial charge in [0.1, 0.15) is 17.5 Å². The first-order chi connectivity index (χ1) is 10.1. The van der Waals surface area contributed by atoms with Crippen molar-refractivity contribution in [3.8, 4) is 6.07 Å². The number of nitriles is 1. The smallest absolute Gasteiger partial charge is 0.266 e. The number of carbonyl (C=O) groups excluding carboxylic acids is 1. The highest BCUT2D eigenvalue weighted by Gasteiger charge is 2.12. The van der Waals surface area contributed by atoms with Crippen LogP contribution in [0.3, 0.4) is 0 Å². The highest BCUT2D eigenvalue weighted by Crippen LogP contribution is 2.20. The second kappa shape index (κ2) is 6.82. The summed E-state index contributed by atoms with van der Waals surface area (Å²) in [7, 11) is 0. The number of hydrogen-bond acceptors (Lipinski definition) is 2. The molecule has 0 unspecified atom stereocenters. The zero-order valence-electron chi connectivity index (χ0n) is 10.8. The van der Waals surface area contributed by atoms with E-state index in [2.05, 4.69) is 21.2 Å². The second-order valence-electron chi connectivity index (χ2n) is 4.13. The van der Waals surface area contributed by atoms with E-state index in [1.54, 1.807) is 24.3 Å². The lowest BCUT2D eigenvalue weighted by Crippen LogP contribution is -2.14. The summed E-state index contributed by atoms with van der Waals surface area (Å²) in [6, 6.07) is 14.8. The topological polar surface area (TPSA) is 52.9 Å². The quantitative estimate of drug-likeness (QED) is 0.672. The van der Waals surface area contributed by atoms with Crippen molar-refractivity contribution in [1.82, 2.24) is 0 Å². The highest BCUT2D eigenvalue weighted by atomic mass is 79.9. The number of carbonyl (C=O) groups is 1. The Morgan fingerprint density at radius 3 is 2.52 bits per heavy atom. The Hall–Kier alpha value is -2.45. The molecule has 0 saturated carbocycles. The minimum Gasteiger partial charge on any atom is -0.319 e. The van der Waals surface area contributed by atoms with Crippen LogP contribution in [0.2, 0.25) is 0 Å². The fraction of sp³-hybridized carbons (Fsp3) is 0. The summed E-state index contributed by atoms with van der Waals surface area (Å²) in [6.07, 6.45) is 1.44. The van der Waals surface area contributed by atoms with E-state index < -0.39 is 11.7 Å². The molecule has 104 valence electrons. The monoisotopic (exact) mass is 344 g/mol. The summed E-state index contributed by atoms with van der Waals surface area (Å²) in [6.45, 7) is 0. The molecule has 5 heteroatoms. The van der Waals surface area contributed by atoms with Crippen LogP contribution in [0.15, 0.2) is 58.6 Å². The molecule has 0 spiro atoms. The molecule has 0 radical (unpaired) electrons. The Labute approximate surface area is 129 Å². The van der Waals surface area contributed by atoms with Gasteiger partial charge in [0.25, 0.3) is 5.91 Å². The molecule has 0 aliphatic carbocycles. The number of halogens is 2. The fourth-order valence-electron chi connectivity index (χ4n) is 1.65. The van der Waals surface area contributed by atoms with Gasteiger partial charge in [-0.3, -0.25) is 4.79 Å². The van der Waals surface area contributed by atoms with Crippen molar-refractivity contribution in [3.63, 3.8) is 0 Å². The van der Waals surface area contributed by atoms with Gasteiger partial charge in [-0.05, 0) is 29.8 Å². The van der Waals surface area contributed by atoms with E-state index in [4.69, 9.17) is 5.26 Å². The van der Waals surface area contributed by atoms with Crippen LogP contribution >= 0.6 is 15.9 Å². The van der Waals surface area contributed by atoms with Crippen molar-refractivity contribution in [2.45, 2.75) is 0 Å². The van der Waals surface area contributed by atoms with Crippen LogP contribution in [-0.4, -0.2) is 5.91 Å². The van der Waals surface area contributed by atoms with E-state index in [9.17, 15) is 9.18 Å². The second-order valence-corrected chi connectivity index (χ2v) is 4.98. The number of nitrogens with one attached hydrogen (secondary N) is 1. The lowest BCUT2D eigenvalue weighted by molar-refractivity contribution is -0.112. The van der Waals surface area contributed by atoms with Gasteiger partial charge in [-0.15, -0.1) is 0 Å². The number of anilines is 1. The zero-order chi connectivity index (χ0) is 15.2. The van der Waals surface area contributed by atoms with Gasteiger partial charge in [-0.25, -0.2) is 4.39 Å². The SMILES string of the molecule is N#C/C(=C\c1ccccc1Br)C(=O)Nc1ccccc1F. The van der Waals surface area contributed by atoms with Crippen LogP contribution in [0.4, 0.5) is 10.1 Å². The Morgan fingerprint density at radius 2 is 1.86 bits per heavy atom. The molecule has 0 aromatic heterocycles. The Bertz CT molecular complexity index is 750. The average molecular weight is 345 g/mol. The maximum absolute atomic E-state index is 13.5. The van der Waals surface area contributed by atoms with E-state index in [0.29, 0.717) is 5.56 Å². The van der Waals surface area contributed by atoms with Crippen molar-refractivity contribution in [3.05, 3.63) is 70.0 Å². The fourth-order valence-corrected chi connectivity index (χ4v) is 2.05. The van der Waals surface area contributed by atoms with Crippen LogP contribution in [0.25, 0.3) is 6.08 Å².